The van der Waals surface area contributed by atoms with Crippen LogP contribution in [0.2, 0.25) is 0 Å². The lowest BCUT2D eigenvalue weighted by Gasteiger charge is -2.02. The Labute approximate surface area is 60.7 Å². The molecule has 1 fully saturated rings. The van der Waals surface area contributed by atoms with Crippen LogP contribution in [0.25, 0.3) is 0 Å². The van der Waals surface area contributed by atoms with Crippen molar-refractivity contribution in [3.8, 4) is 0 Å². The van der Waals surface area contributed by atoms with E-state index in [4.69, 9.17) is 4.74 Å². The minimum absolute atomic E-state index is 0.0203. The van der Waals surface area contributed by atoms with E-state index in [0.29, 0.717) is 6.10 Å². The van der Waals surface area contributed by atoms with Gasteiger partial charge in [-0.25, -0.2) is 0 Å². The highest BCUT2D eigenvalue weighted by Gasteiger charge is 2.49. The summed E-state index contributed by atoms with van der Waals surface area (Å²) < 4.78 is 5.39. The molecule has 2 unspecified atom stereocenters. The summed E-state index contributed by atoms with van der Waals surface area (Å²) >= 11 is 0. The zero-order valence-corrected chi connectivity index (χ0v) is 6.00. The van der Waals surface area contributed by atoms with Crippen LogP contribution in [0.4, 0.5) is 0 Å². The Balaban J connectivity index is 2.27. The SMILES string of the molecule is C=CC1=CC2OC2(C)C=C1. The molecule has 0 spiro atoms. The van der Waals surface area contributed by atoms with Crippen LogP contribution in [-0.4, -0.2) is 11.7 Å². The van der Waals surface area contributed by atoms with Gasteiger partial charge in [-0.3, -0.25) is 0 Å². The molecule has 0 radical (unpaired) electrons. The van der Waals surface area contributed by atoms with Crippen molar-refractivity contribution in [3.63, 3.8) is 0 Å². The second kappa shape index (κ2) is 1.61. The molecule has 52 valence electrons. The molecule has 1 saturated heterocycles. The highest BCUT2D eigenvalue weighted by molar-refractivity contribution is 5.41. The van der Waals surface area contributed by atoms with Crippen molar-refractivity contribution in [1.82, 2.24) is 0 Å². The van der Waals surface area contributed by atoms with Gasteiger partial charge in [0.15, 0.2) is 0 Å². The fraction of sp³-hybridized carbons (Fsp3) is 0.333. The Morgan fingerprint density at radius 2 is 2.60 bits per heavy atom. The van der Waals surface area contributed by atoms with Gasteiger partial charge < -0.3 is 4.74 Å². The maximum Gasteiger partial charge on any atom is 0.114 e. The Morgan fingerprint density at radius 3 is 3.20 bits per heavy atom. The highest BCUT2D eigenvalue weighted by atomic mass is 16.6. The number of hydrogen-bond donors (Lipinski definition) is 0. The lowest BCUT2D eigenvalue weighted by molar-refractivity contribution is 0.357. The molecule has 0 bridgehead atoms. The Hall–Kier alpha value is -0.820. The van der Waals surface area contributed by atoms with Crippen molar-refractivity contribution >= 4 is 0 Å². The molecule has 1 aliphatic heterocycles. The summed E-state index contributed by atoms with van der Waals surface area (Å²) in [6.07, 6.45) is 8.40. The zero-order valence-electron chi connectivity index (χ0n) is 6.00. The Bertz CT molecular complexity index is 237. The van der Waals surface area contributed by atoms with E-state index in [1.807, 2.05) is 6.08 Å². The number of hydrogen-bond acceptors (Lipinski definition) is 1. The van der Waals surface area contributed by atoms with Gasteiger partial charge in [0, 0.05) is 0 Å². The average Bonchev–Trinajstić information content (AvgIpc) is 2.59. The van der Waals surface area contributed by atoms with Crippen molar-refractivity contribution in [2.75, 3.05) is 0 Å². The number of allylic oxidation sites excluding steroid dienone is 3. The van der Waals surface area contributed by atoms with Crippen LogP contribution in [0.15, 0.2) is 36.5 Å². The largest absolute Gasteiger partial charge is 0.357 e. The van der Waals surface area contributed by atoms with E-state index in [9.17, 15) is 0 Å². The standard InChI is InChI=1S/C9H10O/c1-3-7-4-5-9(2)8(6-7)10-9/h3-6,8H,1H2,2H3. The molecule has 2 atom stereocenters. The molecule has 1 aliphatic carbocycles. The summed E-state index contributed by atoms with van der Waals surface area (Å²) in [5.41, 5.74) is 1.19. The minimum atomic E-state index is 0.0203. The second-order valence-electron chi connectivity index (χ2n) is 2.93. The van der Waals surface area contributed by atoms with Crippen LogP contribution in [0.3, 0.4) is 0 Å². The van der Waals surface area contributed by atoms with Gasteiger partial charge in [0.2, 0.25) is 0 Å². The van der Waals surface area contributed by atoms with Gasteiger partial charge in [-0.15, -0.1) is 0 Å². The predicted octanol–water partition coefficient (Wildman–Crippen LogP) is 1.83. The van der Waals surface area contributed by atoms with Gasteiger partial charge in [-0.2, -0.15) is 0 Å². The smallest absolute Gasteiger partial charge is 0.114 e. The van der Waals surface area contributed by atoms with E-state index in [0.717, 1.165) is 0 Å². The van der Waals surface area contributed by atoms with Gasteiger partial charge in [0.1, 0.15) is 11.7 Å². The lowest BCUT2D eigenvalue weighted by Crippen LogP contribution is -2.06. The molecule has 2 rings (SSSR count). The van der Waals surface area contributed by atoms with Crippen molar-refractivity contribution in [1.29, 1.82) is 0 Å². The first kappa shape index (κ1) is 5.93. The Morgan fingerprint density at radius 1 is 1.80 bits per heavy atom. The molecule has 0 saturated carbocycles. The molecule has 0 aromatic rings. The topological polar surface area (TPSA) is 12.5 Å². The molecule has 1 nitrogen and oxygen atoms in total. The molecule has 0 aromatic carbocycles. The summed E-state index contributed by atoms with van der Waals surface area (Å²) in [6.45, 7) is 5.77. The third-order valence-electron chi connectivity index (χ3n) is 2.07. The van der Waals surface area contributed by atoms with E-state index >= 15 is 0 Å². The van der Waals surface area contributed by atoms with Gasteiger partial charge in [0.05, 0.1) is 0 Å². The predicted molar refractivity (Wildman–Crippen MR) is 40.7 cm³/mol. The van der Waals surface area contributed by atoms with E-state index in [1.54, 1.807) is 0 Å². The van der Waals surface area contributed by atoms with E-state index in [1.165, 1.54) is 5.57 Å². The maximum atomic E-state index is 5.39. The number of rotatable bonds is 1. The summed E-state index contributed by atoms with van der Waals surface area (Å²) in [7, 11) is 0. The van der Waals surface area contributed by atoms with Crippen molar-refractivity contribution in [3.05, 3.63) is 36.5 Å². The first-order valence-corrected chi connectivity index (χ1v) is 3.46. The Kier molecular flexibility index (Phi) is 0.955. The van der Waals surface area contributed by atoms with E-state index in [-0.39, 0.29) is 5.60 Å². The summed E-state index contributed by atoms with van der Waals surface area (Å²) in [4.78, 5) is 0. The quantitative estimate of drug-likeness (QED) is 0.498. The van der Waals surface area contributed by atoms with Gasteiger partial charge in [-0.05, 0) is 24.6 Å². The number of epoxide rings is 1. The van der Waals surface area contributed by atoms with E-state index in [2.05, 4.69) is 31.7 Å². The summed E-state index contributed by atoms with van der Waals surface area (Å²) in [6, 6.07) is 0. The van der Waals surface area contributed by atoms with Crippen LogP contribution in [-0.2, 0) is 4.74 Å². The van der Waals surface area contributed by atoms with Crippen LogP contribution in [0, 0.1) is 0 Å². The zero-order chi connectivity index (χ0) is 7.19. The molecule has 0 amide bonds. The van der Waals surface area contributed by atoms with Gasteiger partial charge in [-0.1, -0.05) is 18.7 Å². The lowest BCUT2D eigenvalue weighted by atomic mass is 9.99. The van der Waals surface area contributed by atoms with Crippen LogP contribution in [0.1, 0.15) is 6.92 Å². The maximum absolute atomic E-state index is 5.39. The summed E-state index contributed by atoms with van der Waals surface area (Å²) in [5.74, 6) is 0. The van der Waals surface area contributed by atoms with Crippen molar-refractivity contribution in [2.24, 2.45) is 0 Å². The summed E-state index contributed by atoms with van der Waals surface area (Å²) in [5, 5.41) is 0. The number of ether oxygens (including phenoxy) is 1. The van der Waals surface area contributed by atoms with E-state index < -0.39 is 0 Å². The first-order valence-electron chi connectivity index (χ1n) is 3.46. The highest BCUT2D eigenvalue weighted by Crippen LogP contribution is 2.41. The second-order valence-corrected chi connectivity index (χ2v) is 2.93. The third-order valence-corrected chi connectivity index (χ3v) is 2.07. The van der Waals surface area contributed by atoms with Gasteiger partial charge >= 0.3 is 0 Å². The van der Waals surface area contributed by atoms with Gasteiger partial charge in [0.25, 0.3) is 0 Å². The molecule has 1 heterocycles. The molecular formula is C9H10O. The van der Waals surface area contributed by atoms with Crippen LogP contribution in [0.5, 0.6) is 0 Å². The molecule has 0 aromatic heterocycles. The molecule has 1 heteroatoms. The number of fused-ring (bicyclic) bond motifs is 1. The molecule has 2 aliphatic rings. The fourth-order valence-corrected chi connectivity index (χ4v) is 1.20. The van der Waals surface area contributed by atoms with Crippen LogP contribution >= 0.6 is 0 Å². The third kappa shape index (κ3) is 0.673. The average molecular weight is 134 g/mol. The van der Waals surface area contributed by atoms with Crippen LogP contribution < -0.4 is 0 Å². The fourth-order valence-electron chi connectivity index (χ4n) is 1.20. The van der Waals surface area contributed by atoms with Crippen molar-refractivity contribution < 1.29 is 4.74 Å². The monoisotopic (exact) mass is 134 g/mol. The van der Waals surface area contributed by atoms with Crippen molar-refractivity contribution in [2.45, 2.75) is 18.6 Å². The molecule has 10 heavy (non-hydrogen) atoms. The molecular weight excluding hydrogens is 124 g/mol. The molecule has 0 N–H and O–H groups in total. The minimum Gasteiger partial charge on any atom is -0.357 e. The first-order chi connectivity index (χ1) is 4.74. The normalized spacial score (nSPS) is 42.1.